The molecule has 1 fully saturated rings. The molecule has 0 spiro atoms. The smallest absolute Gasteiger partial charge is 0.251 e. The average Bonchev–Trinajstić information content (AvgIpc) is 2.73. The predicted octanol–water partition coefficient (Wildman–Crippen LogP) is 4.51. The Morgan fingerprint density at radius 2 is 1.83 bits per heavy atom. The molecule has 1 heterocycles. The van der Waals surface area contributed by atoms with E-state index in [1.54, 1.807) is 7.11 Å². The Morgan fingerprint density at radius 3 is 2.53 bits per heavy atom. The molecule has 0 atom stereocenters. The second-order valence-corrected chi connectivity index (χ2v) is 9.18. The minimum Gasteiger partial charge on any atom is -0.496 e. The third-order valence-corrected chi connectivity index (χ3v) is 5.26. The largest absolute Gasteiger partial charge is 0.496 e. The Balaban J connectivity index is 1.53. The summed E-state index contributed by atoms with van der Waals surface area (Å²) in [6.07, 6.45) is 2.23. The fourth-order valence-corrected chi connectivity index (χ4v) is 3.89. The molecule has 2 aromatic rings. The lowest BCUT2D eigenvalue weighted by Crippen LogP contribution is -2.42. The van der Waals surface area contributed by atoms with E-state index in [0.29, 0.717) is 17.5 Å². The van der Waals surface area contributed by atoms with Gasteiger partial charge >= 0.3 is 0 Å². The molecule has 2 aromatic carbocycles. The van der Waals surface area contributed by atoms with Crippen LogP contribution in [-0.2, 0) is 6.54 Å². The Morgan fingerprint density at radius 1 is 1.10 bits per heavy atom. The number of carbonyl (C=O) groups excluding carboxylic acids is 1. The van der Waals surface area contributed by atoms with Crippen LogP contribution in [0.1, 0.15) is 49.5 Å². The monoisotopic (exact) mass is 410 g/mol. The number of piperidine rings is 1. The van der Waals surface area contributed by atoms with Crippen molar-refractivity contribution in [1.82, 2.24) is 10.2 Å². The lowest BCUT2D eigenvalue weighted by molar-refractivity contribution is 0.0808. The van der Waals surface area contributed by atoms with E-state index >= 15 is 0 Å². The number of ether oxygens (including phenoxy) is 2. The highest BCUT2D eigenvalue weighted by Crippen LogP contribution is 2.23. The van der Waals surface area contributed by atoms with Crippen molar-refractivity contribution in [2.45, 2.75) is 46.3 Å². The van der Waals surface area contributed by atoms with Crippen LogP contribution >= 0.6 is 0 Å². The second-order valence-electron chi connectivity index (χ2n) is 9.18. The first kappa shape index (κ1) is 22.2. The van der Waals surface area contributed by atoms with E-state index < -0.39 is 0 Å². The molecule has 1 aliphatic rings. The van der Waals surface area contributed by atoms with E-state index in [0.717, 1.165) is 49.5 Å². The van der Waals surface area contributed by atoms with Crippen molar-refractivity contribution in [3.05, 3.63) is 59.7 Å². The molecule has 1 saturated heterocycles. The number of para-hydroxylation sites is 1. The predicted molar refractivity (Wildman–Crippen MR) is 120 cm³/mol. The standard InChI is InChI=1S/C25H34N2O3/c1-25(2,3)18-27-14-12-21(13-15-27)30-22-10-7-9-19(16-22)24(28)26-17-20-8-5-6-11-23(20)29-4/h5-11,16,21H,12-15,17-18H2,1-4H3,(H,26,28). The fourth-order valence-electron chi connectivity index (χ4n) is 3.89. The minimum atomic E-state index is -0.119. The number of amides is 1. The number of hydrogen-bond acceptors (Lipinski definition) is 4. The van der Waals surface area contributed by atoms with Crippen molar-refractivity contribution in [3.63, 3.8) is 0 Å². The summed E-state index contributed by atoms with van der Waals surface area (Å²) in [5, 5.41) is 2.97. The first-order chi connectivity index (χ1) is 14.3. The van der Waals surface area contributed by atoms with Crippen molar-refractivity contribution in [3.8, 4) is 11.5 Å². The first-order valence-corrected chi connectivity index (χ1v) is 10.7. The quantitative estimate of drug-likeness (QED) is 0.729. The Hall–Kier alpha value is -2.53. The third-order valence-electron chi connectivity index (χ3n) is 5.26. The molecule has 1 amide bonds. The lowest BCUT2D eigenvalue weighted by Gasteiger charge is -2.36. The number of benzene rings is 2. The van der Waals surface area contributed by atoms with Crippen LogP contribution in [0.5, 0.6) is 11.5 Å². The molecule has 0 aromatic heterocycles. The van der Waals surface area contributed by atoms with Gasteiger partial charge in [-0.15, -0.1) is 0 Å². The molecule has 0 saturated carbocycles. The van der Waals surface area contributed by atoms with Gasteiger partial charge in [-0.2, -0.15) is 0 Å². The molecule has 0 aliphatic carbocycles. The first-order valence-electron chi connectivity index (χ1n) is 10.7. The summed E-state index contributed by atoms with van der Waals surface area (Å²) in [6.45, 7) is 10.5. The summed E-state index contributed by atoms with van der Waals surface area (Å²) in [5.41, 5.74) is 1.87. The maximum absolute atomic E-state index is 12.6. The molecule has 3 rings (SSSR count). The number of nitrogens with one attached hydrogen (secondary N) is 1. The molecule has 162 valence electrons. The molecule has 0 radical (unpaired) electrons. The Labute approximate surface area is 180 Å². The number of nitrogens with zero attached hydrogens (tertiary/aromatic N) is 1. The van der Waals surface area contributed by atoms with E-state index in [-0.39, 0.29) is 12.0 Å². The fraction of sp³-hybridized carbons (Fsp3) is 0.480. The average molecular weight is 411 g/mol. The highest BCUT2D eigenvalue weighted by molar-refractivity contribution is 5.94. The van der Waals surface area contributed by atoms with E-state index in [4.69, 9.17) is 9.47 Å². The van der Waals surface area contributed by atoms with Gasteiger partial charge in [0.05, 0.1) is 7.11 Å². The van der Waals surface area contributed by atoms with Crippen molar-refractivity contribution >= 4 is 5.91 Å². The molecule has 1 aliphatic heterocycles. The zero-order valence-corrected chi connectivity index (χ0v) is 18.6. The van der Waals surface area contributed by atoms with Gasteiger partial charge in [-0.25, -0.2) is 0 Å². The van der Waals surface area contributed by atoms with Crippen LogP contribution < -0.4 is 14.8 Å². The van der Waals surface area contributed by atoms with Gasteiger partial charge in [0.2, 0.25) is 0 Å². The van der Waals surface area contributed by atoms with Crippen LogP contribution in [0.4, 0.5) is 0 Å². The molecular formula is C25H34N2O3. The molecule has 5 nitrogen and oxygen atoms in total. The maximum atomic E-state index is 12.6. The van der Waals surface area contributed by atoms with E-state index in [1.165, 1.54) is 0 Å². The number of hydrogen-bond donors (Lipinski definition) is 1. The molecular weight excluding hydrogens is 376 g/mol. The summed E-state index contributed by atoms with van der Waals surface area (Å²) < 4.78 is 11.5. The molecule has 0 bridgehead atoms. The van der Waals surface area contributed by atoms with Crippen molar-refractivity contribution in [1.29, 1.82) is 0 Å². The summed E-state index contributed by atoms with van der Waals surface area (Å²) in [5.74, 6) is 1.41. The Bertz CT molecular complexity index is 836. The van der Waals surface area contributed by atoms with E-state index in [2.05, 4.69) is 31.0 Å². The number of methoxy groups -OCH3 is 1. The van der Waals surface area contributed by atoms with Crippen LogP contribution in [0.25, 0.3) is 0 Å². The van der Waals surface area contributed by atoms with Gasteiger partial charge in [0, 0.05) is 37.3 Å². The zero-order chi connectivity index (χ0) is 21.6. The van der Waals surface area contributed by atoms with Gasteiger partial charge in [-0.05, 0) is 42.5 Å². The second kappa shape index (κ2) is 9.98. The van der Waals surface area contributed by atoms with Gasteiger partial charge in [0.15, 0.2) is 0 Å². The van der Waals surface area contributed by atoms with E-state index in [1.807, 2.05) is 48.5 Å². The maximum Gasteiger partial charge on any atom is 0.251 e. The van der Waals surface area contributed by atoms with Crippen molar-refractivity contribution in [2.24, 2.45) is 5.41 Å². The van der Waals surface area contributed by atoms with Crippen LogP contribution in [0, 0.1) is 5.41 Å². The molecule has 30 heavy (non-hydrogen) atoms. The highest BCUT2D eigenvalue weighted by Gasteiger charge is 2.24. The van der Waals surface area contributed by atoms with Crippen molar-refractivity contribution < 1.29 is 14.3 Å². The van der Waals surface area contributed by atoms with E-state index in [9.17, 15) is 4.79 Å². The summed E-state index contributed by atoms with van der Waals surface area (Å²) in [6, 6.07) is 15.1. The minimum absolute atomic E-state index is 0.119. The highest BCUT2D eigenvalue weighted by atomic mass is 16.5. The van der Waals surface area contributed by atoms with Crippen LogP contribution in [0.15, 0.2) is 48.5 Å². The summed E-state index contributed by atoms with van der Waals surface area (Å²) in [4.78, 5) is 15.1. The number of carbonyl (C=O) groups is 1. The van der Waals surface area contributed by atoms with Crippen molar-refractivity contribution in [2.75, 3.05) is 26.7 Å². The van der Waals surface area contributed by atoms with Gasteiger partial charge in [0.25, 0.3) is 5.91 Å². The number of likely N-dealkylation sites (tertiary alicyclic amines) is 1. The van der Waals surface area contributed by atoms with Gasteiger partial charge in [-0.3, -0.25) is 4.79 Å². The third kappa shape index (κ3) is 6.49. The SMILES string of the molecule is COc1ccccc1CNC(=O)c1cccc(OC2CCN(CC(C)(C)C)CC2)c1. The van der Waals surface area contributed by atoms with Crippen LogP contribution in [0.2, 0.25) is 0 Å². The van der Waals surface area contributed by atoms with Gasteiger partial charge in [-0.1, -0.05) is 45.0 Å². The Kier molecular flexibility index (Phi) is 7.38. The van der Waals surface area contributed by atoms with Crippen LogP contribution in [0.3, 0.4) is 0 Å². The molecule has 1 N–H and O–H groups in total. The van der Waals surface area contributed by atoms with Gasteiger partial charge in [0.1, 0.15) is 17.6 Å². The topological polar surface area (TPSA) is 50.8 Å². The zero-order valence-electron chi connectivity index (χ0n) is 18.6. The molecule has 5 heteroatoms. The molecule has 0 unspecified atom stereocenters. The van der Waals surface area contributed by atoms with Crippen LogP contribution in [-0.4, -0.2) is 43.7 Å². The summed E-state index contributed by atoms with van der Waals surface area (Å²) >= 11 is 0. The van der Waals surface area contributed by atoms with Gasteiger partial charge < -0.3 is 19.7 Å². The lowest BCUT2D eigenvalue weighted by atomic mass is 9.94. The number of rotatable bonds is 7. The summed E-state index contributed by atoms with van der Waals surface area (Å²) in [7, 11) is 1.63. The normalized spacial score (nSPS) is 15.6.